The third kappa shape index (κ3) is 5.41. The molecule has 0 fully saturated rings. The molecule has 0 saturated heterocycles. The number of sulfonamides is 1. The van der Waals surface area contributed by atoms with Crippen molar-refractivity contribution in [3.63, 3.8) is 0 Å². The molecular formula is C20H26N2O3S. The van der Waals surface area contributed by atoms with Crippen LogP contribution in [0.4, 0.5) is 0 Å². The lowest BCUT2D eigenvalue weighted by Crippen LogP contribution is -2.29. The van der Waals surface area contributed by atoms with Gasteiger partial charge in [-0.15, -0.1) is 0 Å². The summed E-state index contributed by atoms with van der Waals surface area (Å²) in [4.78, 5) is 12.8. The molecule has 2 rings (SSSR count). The van der Waals surface area contributed by atoms with Crippen molar-refractivity contribution < 1.29 is 13.2 Å². The molecule has 1 amide bonds. The second kappa shape index (κ2) is 8.96. The first-order valence-electron chi connectivity index (χ1n) is 8.79. The van der Waals surface area contributed by atoms with Gasteiger partial charge in [-0.05, 0) is 42.2 Å². The first kappa shape index (κ1) is 20.1. The predicted octanol–water partition coefficient (Wildman–Crippen LogP) is 3.50. The van der Waals surface area contributed by atoms with Crippen molar-refractivity contribution in [1.29, 1.82) is 0 Å². The minimum absolute atomic E-state index is 0.0890. The van der Waals surface area contributed by atoms with Crippen molar-refractivity contribution in [2.75, 3.05) is 6.54 Å². The molecule has 26 heavy (non-hydrogen) atoms. The average molecular weight is 375 g/mol. The maximum Gasteiger partial charge on any atom is 0.251 e. The smallest absolute Gasteiger partial charge is 0.251 e. The molecule has 5 nitrogen and oxygen atoms in total. The molecule has 0 heterocycles. The molecule has 0 aliphatic carbocycles. The third-order valence-electron chi connectivity index (χ3n) is 3.98. The Morgan fingerprint density at radius 1 is 1.00 bits per heavy atom. The number of hydrogen-bond acceptors (Lipinski definition) is 3. The SMILES string of the molecule is CCNS(=O)(=O)c1ccc(C(=O)NC(CC(C)C)c2ccccc2)cc1. The summed E-state index contributed by atoms with van der Waals surface area (Å²) in [6, 6.07) is 15.7. The number of carbonyl (C=O) groups excluding carboxylic acids is 1. The van der Waals surface area contributed by atoms with E-state index in [0.717, 1.165) is 12.0 Å². The molecule has 1 atom stereocenters. The first-order chi connectivity index (χ1) is 12.3. The second-order valence-corrected chi connectivity index (χ2v) is 8.36. The number of benzene rings is 2. The zero-order valence-corrected chi connectivity index (χ0v) is 16.2. The van der Waals surface area contributed by atoms with Crippen molar-refractivity contribution in [1.82, 2.24) is 10.0 Å². The molecule has 0 bridgehead atoms. The second-order valence-electron chi connectivity index (χ2n) is 6.59. The van der Waals surface area contributed by atoms with E-state index in [1.54, 1.807) is 6.92 Å². The molecule has 0 aromatic heterocycles. The number of amides is 1. The van der Waals surface area contributed by atoms with Gasteiger partial charge < -0.3 is 5.32 Å². The maximum atomic E-state index is 12.6. The predicted molar refractivity (Wildman–Crippen MR) is 103 cm³/mol. The summed E-state index contributed by atoms with van der Waals surface area (Å²) in [5, 5.41) is 3.06. The van der Waals surface area contributed by atoms with Gasteiger partial charge >= 0.3 is 0 Å². The fourth-order valence-electron chi connectivity index (χ4n) is 2.74. The van der Waals surface area contributed by atoms with Crippen molar-refractivity contribution in [2.45, 2.75) is 38.1 Å². The fraction of sp³-hybridized carbons (Fsp3) is 0.350. The van der Waals surface area contributed by atoms with Crippen LogP contribution < -0.4 is 10.0 Å². The Morgan fingerprint density at radius 3 is 2.15 bits per heavy atom. The van der Waals surface area contributed by atoms with Gasteiger partial charge in [0.25, 0.3) is 5.91 Å². The minimum atomic E-state index is -3.52. The van der Waals surface area contributed by atoms with Crippen LogP contribution >= 0.6 is 0 Å². The highest BCUT2D eigenvalue weighted by molar-refractivity contribution is 7.89. The molecule has 2 N–H and O–H groups in total. The number of carbonyl (C=O) groups is 1. The van der Waals surface area contributed by atoms with Crippen LogP contribution in [-0.4, -0.2) is 20.9 Å². The van der Waals surface area contributed by atoms with E-state index in [9.17, 15) is 13.2 Å². The van der Waals surface area contributed by atoms with Gasteiger partial charge in [-0.25, -0.2) is 13.1 Å². The molecule has 2 aromatic carbocycles. The monoisotopic (exact) mass is 374 g/mol. The van der Waals surface area contributed by atoms with Gasteiger partial charge in [0.05, 0.1) is 10.9 Å². The lowest BCUT2D eigenvalue weighted by molar-refractivity contribution is 0.0932. The molecule has 0 aliphatic rings. The van der Waals surface area contributed by atoms with E-state index < -0.39 is 10.0 Å². The van der Waals surface area contributed by atoms with Crippen LogP contribution in [0.15, 0.2) is 59.5 Å². The highest BCUT2D eigenvalue weighted by Gasteiger charge is 2.18. The lowest BCUT2D eigenvalue weighted by Gasteiger charge is -2.21. The van der Waals surface area contributed by atoms with E-state index >= 15 is 0 Å². The normalized spacial score (nSPS) is 12.8. The highest BCUT2D eigenvalue weighted by Crippen LogP contribution is 2.22. The van der Waals surface area contributed by atoms with Crippen LogP contribution in [0, 0.1) is 5.92 Å². The maximum absolute atomic E-state index is 12.6. The Kier molecular flexibility index (Phi) is 6.94. The van der Waals surface area contributed by atoms with E-state index in [4.69, 9.17) is 0 Å². The molecule has 1 unspecified atom stereocenters. The average Bonchev–Trinajstić information content (AvgIpc) is 2.61. The number of hydrogen-bond donors (Lipinski definition) is 2. The summed E-state index contributed by atoms with van der Waals surface area (Å²) in [6.45, 7) is 6.27. The summed E-state index contributed by atoms with van der Waals surface area (Å²) in [6.07, 6.45) is 0.822. The topological polar surface area (TPSA) is 75.3 Å². The Labute approximate surface area is 155 Å². The molecule has 0 radical (unpaired) electrons. The summed E-state index contributed by atoms with van der Waals surface area (Å²) in [5.41, 5.74) is 1.49. The number of nitrogens with one attached hydrogen (secondary N) is 2. The van der Waals surface area contributed by atoms with Gasteiger partial charge in [0, 0.05) is 12.1 Å². The van der Waals surface area contributed by atoms with E-state index in [0.29, 0.717) is 18.0 Å². The first-order valence-corrected chi connectivity index (χ1v) is 10.3. The van der Waals surface area contributed by atoms with Crippen LogP contribution in [0.5, 0.6) is 0 Å². The van der Waals surface area contributed by atoms with E-state index in [2.05, 4.69) is 23.9 Å². The highest BCUT2D eigenvalue weighted by atomic mass is 32.2. The number of rotatable bonds is 8. The summed E-state index contributed by atoms with van der Waals surface area (Å²) in [5.74, 6) is 0.208. The van der Waals surface area contributed by atoms with Crippen LogP contribution in [0.1, 0.15) is 49.2 Å². The van der Waals surface area contributed by atoms with E-state index in [1.165, 1.54) is 24.3 Å². The van der Waals surface area contributed by atoms with Crippen molar-refractivity contribution in [3.05, 3.63) is 65.7 Å². The largest absolute Gasteiger partial charge is 0.345 e. The van der Waals surface area contributed by atoms with Gasteiger partial charge in [0.1, 0.15) is 0 Å². The molecule has 0 spiro atoms. The molecule has 140 valence electrons. The van der Waals surface area contributed by atoms with Crippen molar-refractivity contribution in [2.24, 2.45) is 5.92 Å². The Hall–Kier alpha value is -2.18. The van der Waals surface area contributed by atoms with E-state index in [1.807, 2.05) is 30.3 Å². The zero-order chi connectivity index (χ0) is 19.2. The Bertz CT molecular complexity index is 816. The summed E-state index contributed by atoms with van der Waals surface area (Å²) < 4.78 is 26.4. The molecule has 6 heteroatoms. The van der Waals surface area contributed by atoms with Gasteiger partial charge in [-0.3, -0.25) is 4.79 Å². The minimum Gasteiger partial charge on any atom is -0.345 e. The zero-order valence-electron chi connectivity index (χ0n) is 15.4. The van der Waals surface area contributed by atoms with Crippen molar-refractivity contribution in [3.8, 4) is 0 Å². The summed E-state index contributed by atoms with van der Waals surface area (Å²) >= 11 is 0. The van der Waals surface area contributed by atoms with Crippen LogP contribution in [0.3, 0.4) is 0 Å². The van der Waals surface area contributed by atoms with Gasteiger partial charge in [0.2, 0.25) is 10.0 Å². The lowest BCUT2D eigenvalue weighted by atomic mass is 9.96. The molecule has 0 saturated carbocycles. The van der Waals surface area contributed by atoms with Gasteiger partial charge in [-0.1, -0.05) is 51.1 Å². The third-order valence-corrected chi connectivity index (χ3v) is 5.54. The molecular weight excluding hydrogens is 348 g/mol. The van der Waals surface area contributed by atoms with Crippen LogP contribution in [-0.2, 0) is 10.0 Å². The van der Waals surface area contributed by atoms with Gasteiger partial charge in [-0.2, -0.15) is 0 Å². The Balaban J connectivity index is 2.16. The standard InChI is InChI=1S/C20H26N2O3S/c1-4-21-26(24,25)18-12-10-17(11-13-18)20(23)22-19(14-15(2)3)16-8-6-5-7-9-16/h5-13,15,19,21H,4,14H2,1-3H3,(H,22,23). The van der Waals surface area contributed by atoms with Crippen LogP contribution in [0.2, 0.25) is 0 Å². The van der Waals surface area contributed by atoms with E-state index in [-0.39, 0.29) is 16.8 Å². The summed E-state index contributed by atoms with van der Waals surface area (Å²) in [7, 11) is -3.52. The fourth-order valence-corrected chi connectivity index (χ4v) is 3.78. The van der Waals surface area contributed by atoms with Gasteiger partial charge in [0.15, 0.2) is 0 Å². The molecule has 0 aliphatic heterocycles. The molecule has 2 aromatic rings. The Morgan fingerprint density at radius 2 is 1.62 bits per heavy atom. The van der Waals surface area contributed by atoms with Crippen LogP contribution in [0.25, 0.3) is 0 Å². The van der Waals surface area contributed by atoms with Crippen molar-refractivity contribution >= 4 is 15.9 Å². The quantitative estimate of drug-likeness (QED) is 0.742.